The molecule has 2 fully saturated rings. The van der Waals surface area contributed by atoms with Gasteiger partial charge in [0.25, 0.3) is 0 Å². The summed E-state index contributed by atoms with van der Waals surface area (Å²) in [5, 5.41) is 9.42. The van der Waals surface area contributed by atoms with Crippen LogP contribution in [0.25, 0.3) is 0 Å². The number of nitrogens with zero attached hydrogens (tertiary/aromatic N) is 2. The first-order valence-electron chi connectivity index (χ1n) is 9.99. The van der Waals surface area contributed by atoms with E-state index < -0.39 is 0 Å². The molecule has 28 heavy (non-hydrogen) atoms. The zero-order valence-electron chi connectivity index (χ0n) is 16.1. The number of aliphatic hydroxyl groups is 1. The molecule has 1 aliphatic carbocycles. The van der Waals surface area contributed by atoms with Crippen LogP contribution in [0.5, 0.6) is 5.75 Å². The molecule has 146 valence electrons. The second-order valence-corrected chi connectivity index (χ2v) is 7.40. The van der Waals surface area contributed by atoms with Crippen molar-refractivity contribution in [3.05, 3.63) is 65.9 Å². The maximum absolute atomic E-state index is 9.42. The van der Waals surface area contributed by atoms with E-state index in [2.05, 4.69) is 11.0 Å². The van der Waals surface area contributed by atoms with Gasteiger partial charge in [0.2, 0.25) is 0 Å². The van der Waals surface area contributed by atoms with Gasteiger partial charge in [0.15, 0.2) is 0 Å². The van der Waals surface area contributed by atoms with Gasteiger partial charge in [-0.3, -0.25) is 0 Å². The minimum Gasteiger partial charge on any atom is -0.490 e. The first-order valence-corrected chi connectivity index (χ1v) is 9.99. The van der Waals surface area contributed by atoms with E-state index in [1.54, 1.807) is 6.08 Å². The van der Waals surface area contributed by atoms with E-state index in [9.17, 15) is 5.11 Å². The summed E-state index contributed by atoms with van der Waals surface area (Å²) in [7, 11) is 0. The summed E-state index contributed by atoms with van der Waals surface area (Å²) in [4.78, 5) is 7.25. The van der Waals surface area contributed by atoms with Gasteiger partial charge >= 0.3 is 0 Å². The average Bonchev–Trinajstić information content (AvgIpc) is 2.64. The summed E-state index contributed by atoms with van der Waals surface area (Å²) in [5.41, 5.74) is 10.00. The lowest BCUT2D eigenvalue weighted by Gasteiger charge is -2.34. The maximum Gasteiger partial charge on any atom is 0.120 e. The third-order valence-corrected chi connectivity index (χ3v) is 5.31. The number of rotatable bonds is 7. The molecular formula is C23H27N3O2. The molecule has 3 N–H and O–H groups in total. The van der Waals surface area contributed by atoms with Crippen molar-refractivity contribution < 1.29 is 9.84 Å². The highest BCUT2D eigenvalue weighted by molar-refractivity contribution is 6.10. The molecule has 1 aliphatic heterocycles. The van der Waals surface area contributed by atoms with Gasteiger partial charge in [0, 0.05) is 24.4 Å². The minimum atomic E-state index is -0.203. The molecule has 1 saturated heterocycles. The van der Waals surface area contributed by atoms with Crippen molar-refractivity contribution in [2.24, 2.45) is 10.7 Å². The summed E-state index contributed by atoms with van der Waals surface area (Å²) in [5.74, 6) is 0.849. The van der Waals surface area contributed by atoms with E-state index in [1.165, 1.54) is 12.8 Å². The number of para-hydroxylation sites is 2. The van der Waals surface area contributed by atoms with Crippen molar-refractivity contribution in [3.8, 4) is 5.75 Å². The number of hydrogen-bond donors (Lipinski definition) is 2. The molecule has 0 unspecified atom stereocenters. The van der Waals surface area contributed by atoms with Gasteiger partial charge in [0.05, 0.1) is 29.8 Å². The van der Waals surface area contributed by atoms with Crippen LogP contribution in [0.3, 0.4) is 0 Å². The molecule has 0 bridgehead atoms. The molecule has 5 heteroatoms. The van der Waals surface area contributed by atoms with Crippen LogP contribution in [0.1, 0.15) is 31.2 Å². The van der Waals surface area contributed by atoms with Crippen LogP contribution in [0.2, 0.25) is 0 Å². The van der Waals surface area contributed by atoms with E-state index in [0.29, 0.717) is 11.8 Å². The highest BCUT2D eigenvalue weighted by atomic mass is 16.5. The lowest BCUT2D eigenvalue weighted by Crippen LogP contribution is -2.36. The predicted octanol–water partition coefficient (Wildman–Crippen LogP) is 3.78. The van der Waals surface area contributed by atoms with E-state index in [0.717, 1.165) is 54.3 Å². The summed E-state index contributed by atoms with van der Waals surface area (Å²) in [6, 6.07) is 16.1. The maximum atomic E-state index is 9.42. The number of anilines is 1. The molecule has 2 aliphatic rings. The van der Waals surface area contributed by atoms with Gasteiger partial charge in [-0.25, -0.2) is 4.99 Å². The SMILES string of the molecule is NC(=CC(=Nc1ccccc1N1CCC1)c1cccc(OC2CCC2)c1)CO. The molecule has 4 rings (SSSR count). The fourth-order valence-corrected chi connectivity index (χ4v) is 3.32. The minimum absolute atomic E-state index is 0.203. The van der Waals surface area contributed by atoms with Crippen LogP contribution in [0, 0.1) is 0 Å². The van der Waals surface area contributed by atoms with Crippen LogP contribution in [-0.2, 0) is 0 Å². The van der Waals surface area contributed by atoms with Crippen LogP contribution in [-0.4, -0.2) is 36.6 Å². The largest absolute Gasteiger partial charge is 0.490 e. The number of ether oxygens (including phenoxy) is 1. The Bertz CT molecular complexity index is 883. The van der Waals surface area contributed by atoms with Crippen molar-refractivity contribution >= 4 is 17.1 Å². The third-order valence-electron chi connectivity index (χ3n) is 5.31. The molecule has 1 saturated carbocycles. The van der Waals surface area contributed by atoms with Crippen molar-refractivity contribution in [2.75, 3.05) is 24.6 Å². The summed E-state index contributed by atoms with van der Waals surface area (Å²) >= 11 is 0. The Morgan fingerprint density at radius 2 is 1.96 bits per heavy atom. The molecule has 0 atom stereocenters. The van der Waals surface area contributed by atoms with Crippen molar-refractivity contribution in [2.45, 2.75) is 31.8 Å². The van der Waals surface area contributed by atoms with Gasteiger partial charge in [-0.1, -0.05) is 24.3 Å². The Balaban J connectivity index is 1.70. The van der Waals surface area contributed by atoms with E-state index in [4.69, 9.17) is 15.5 Å². The van der Waals surface area contributed by atoms with Crippen LogP contribution in [0.4, 0.5) is 11.4 Å². The molecule has 0 aromatic heterocycles. The van der Waals surface area contributed by atoms with Crippen molar-refractivity contribution in [1.29, 1.82) is 0 Å². The Labute approximate surface area is 166 Å². The van der Waals surface area contributed by atoms with Crippen LogP contribution >= 0.6 is 0 Å². The Hall–Kier alpha value is -2.79. The fourth-order valence-electron chi connectivity index (χ4n) is 3.32. The normalized spacial score (nSPS) is 17.8. The monoisotopic (exact) mass is 377 g/mol. The van der Waals surface area contributed by atoms with E-state index >= 15 is 0 Å². The lowest BCUT2D eigenvalue weighted by molar-refractivity contribution is 0.120. The van der Waals surface area contributed by atoms with Gasteiger partial charge in [-0.15, -0.1) is 0 Å². The summed E-state index contributed by atoms with van der Waals surface area (Å²) in [6.45, 7) is 1.91. The van der Waals surface area contributed by atoms with Gasteiger partial charge in [-0.05, 0) is 56.0 Å². The van der Waals surface area contributed by atoms with Crippen molar-refractivity contribution in [3.63, 3.8) is 0 Å². The second-order valence-electron chi connectivity index (χ2n) is 7.40. The molecule has 1 heterocycles. The van der Waals surface area contributed by atoms with Crippen LogP contribution < -0.4 is 15.4 Å². The summed E-state index contributed by atoms with van der Waals surface area (Å²) < 4.78 is 6.05. The number of hydrogen-bond acceptors (Lipinski definition) is 5. The number of aliphatic hydroxyl groups excluding tert-OH is 1. The molecule has 0 spiro atoms. The highest BCUT2D eigenvalue weighted by Crippen LogP contribution is 2.32. The molecule has 0 amide bonds. The molecular weight excluding hydrogens is 350 g/mol. The highest BCUT2D eigenvalue weighted by Gasteiger charge is 2.20. The Morgan fingerprint density at radius 1 is 1.14 bits per heavy atom. The molecule has 2 aromatic rings. The van der Waals surface area contributed by atoms with Gasteiger partial charge in [0.1, 0.15) is 5.75 Å². The quantitative estimate of drug-likeness (QED) is 0.721. The number of aliphatic imine (C=N–C) groups is 1. The predicted molar refractivity (Wildman–Crippen MR) is 114 cm³/mol. The number of nitrogens with two attached hydrogens (primary N) is 1. The Kier molecular flexibility index (Phi) is 5.63. The Morgan fingerprint density at radius 3 is 2.64 bits per heavy atom. The van der Waals surface area contributed by atoms with E-state index in [-0.39, 0.29) is 6.61 Å². The van der Waals surface area contributed by atoms with Crippen LogP contribution in [0.15, 0.2) is 65.3 Å². The van der Waals surface area contributed by atoms with Gasteiger partial charge < -0.3 is 20.5 Å². The van der Waals surface area contributed by atoms with E-state index in [1.807, 2.05) is 42.5 Å². The number of allylic oxidation sites excluding steroid dienone is 1. The standard InChI is InChI=1S/C23H27N3O2/c24-18(16-27)15-22(17-6-3-9-20(14-17)28-19-7-4-8-19)25-21-10-1-2-11-23(21)26-12-5-13-26/h1-3,6,9-11,14-15,19,27H,4-5,7-8,12-13,16,24H2. The smallest absolute Gasteiger partial charge is 0.120 e. The van der Waals surface area contributed by atoms with Gasteiger partial charge in [-0.2, -0.15) is 0 Å². The topological polar surface area (TPSA) is 71.1 Å². The zero-order valence-corrected chi connectivity index (χ0v) is 16.1. The molecule has 0 radical (unpaired) electrons. The molecule has 2 aromatic carbocycles. The first-order chi connectivity index (χ1) is 13.7. The third kappa shape index (κ3) is 4.20. The lowest BCUT2D eigenvalue weighted by atomic mass is 9.96. The second kappa shape index (κ2) is 8.48. The average molecular weight is 377 g/mol. The molecule has 5 nitrogen and oxygen atoms in total. The fraction of sp³-hybridized carbons (Fsp3) is 0.348. The first kappa shape index (κ1) is 18.6. The van der Waals surface area contributed by atoms with Crippen molar-refractivity contribution in [1.82, 2.24) is 0 Å². The summed E-state index contributed by atoms with van der Waals surface area (Å²) in [6.07, 6.45) is 6.75. The zero-order chi connectivity index (χ0) is 19.3. The number of benzene rings is 2.